The van der Waals surface area contributed by atoms with Gasteiger partial charge in [0.1, 0.15) is 0 Å². The van der Waals surface area contributed by atoms with E-state index in [4.69, 9.17) is 9.47 Å². The second-order valence-corrected chi connectivity index (χ2v) is 2.18. The highest BCUT2D eigenvalue weighted by Crippen LogP contribution is 2.14. The molecule has 0 aliphatic heterocycles. The van der Waals surface area contributed by atoms with Crippen LogP contribution in [0, 0.1) is 0 Å². The third kappa shape index (κ3) is 2.07. The molecule has 0 aliphatic rings. The topological polar surface area (TPSA) is 96.6 Å². The molecule has 0 saturated carbocycles. The van der Waals surface area contributed by atoms with E-state index in [1.807, 2.05) is 0 Å². The van der Waals surface area contributed by atoms with E-state index in [1.54, 1.807) is 0 Å². The van der Waals surface area contributed by atoms with Crippen LogP contribution in [0.3, 0.4) is 0 Å². The van der Waals surface area contributed by atoms with Crippen molar-refractivity contribution in [3.63, 3.8) is 0 Å². The Morgan fingerprint density at radius 1 is 1.29 bits per heavy atom. The quantitative estimate of drug-likeness (QED) is 0.657. The average Bonchev–Trinajstić information content (AvgIpc) is 2.27. The zero-order valence-electron chi connectivity index (χ0n) is 7.68. The van der Waals surface area contributed by atoms with Gasteiger partial charge in [-0.3, -0.25) is 0 Å². The van der Waals surface area contributed by atoms with Crippen LogP contribution >= 0.6 is 0 Å². The Bertz CT molecular complexity index is 319. The molecule has 0 unspecified atom stereocenters. The Morgan fingerprint density at radius 2 is 1.79 bits per heavy atom. The summed E-state index contributed by atoms with van der Waals surface area (Å²) in [5.74, 6) is 3.98. The SMILES string of the molecule is COc1cc(OC)nc(C(=O)ON)n1. The van der Waals surface area contributed by atoms with Crippen LogP contribution in [0.1, 0.15) is 10.6 Å². The molecule has 14 heavy (non-hydrogen) atoms. The first-order valence-corrected chi connectivity index (χ1v) is 3.59. The van der Waals surface area contributed by atoms with Gasteiger partial charge in [0, 0.05) is 0 Å². The number of hydrogen-bond acceptors (Lipinski definition) is 7. The molecule has 7 heteroatoms. The molecular weight excluding hydrogens is 190 g/mol. The predicted molar refractivity (Wildman–Crippen MR) is 44.7 cm³/mol. The van der Waals surface area contributed by atoms with E-state index in [0.29, 0.717) is 0 Å². The van der Waals surface area contributed by atoms with E-state index in [-0.39, 0.29) is 17.6 Å². The number of hydrogen-bond donors (Lipinski definition) is 1. The van der Waals surface area contributed by atoms with Gasteiger partial charge in [-0.25, -0.2) is 4.79 Å². The van der Waals surface area contributed by atoms with Crippen molar-refractivity contribution < 1.29 is 19.1 Å². The van der Waals surface area contributed by atoms with Gasteiger partial charge in [0.15, 0.2) is 0 Å². The van der Waals surface area contributed by atoms with Crippen LogP contribution in [0.5, 0.6) is 11.8 Å². The fraction of sp³-hybridized carbons (Fsp3) is 0.286. The zero-order chi connectivity index (χ0) is 10.6. The van der Waals surface area contributed by atoms with Crippen molar-refractivity contribution >= 4 is 5.97 Å². The Kier molecular flexibility index (Phi) is 3.19. The first-order valence-electron chi connectivity index (χ1n) is 3.59. The van der Waals surface area contributed by atoms with Crippen molar-refractivity contribution in [2.75, 3.05) is 14.2 Å². The van der Waals surface area contributed by atoms with E-state index in [2.05, 4.69) is 20.7 Å². The van der Waals surface area contributed by atoms with Crippen LogP contribution < -0.4 is 15.4 Å². The second-order valence-electron chi connectivity index (χ2n) is 2.18. The van der Waals surface area contributed by atoms with Crippen LogP contribution in [0.25, 0.3) is 0 Å². The first kappa shape index (κ1) is 10.2. The predicted octanol–water partition coefficient (Wildman–Crippen LogP) is -0.476. The molecule has 0 amide bonds. The average molecular weight is 199 g/mol. The van der Waals surface area contributed by atoms with E-state index < -0.39 is 5.97 Å². The number of aromatic nitrogens is 2. The molecule has 0 fully saturated rings. The maximum Gasteiger partial charge on any atom is 0.395 e. The molecule has 0 aromatic carbocycles. The van der Waals surface area contributed by atoms with Gasteiger partial charge in [-0.1, -0.05) is 0 Å². The summed E-state index contributed by atoms with van der Waals surface area (Å²) in [6.45, 7) is 0. The number of nitrogens with zero attached hydrogens (tertiary/aromatic N) is 2. The van der Waals surface area contributed by atoms with Crippen LogP contribution in [0.15, 0.2) is 6.07 Å². The van der Waals surface area contributed by atoms with Crippen LogP contribution in [0.4, 0.5) is 0 Å². The molecule has 1 heterocycles. The summed E-state index contributed by atoms with van der Waals surface area (Å²) < 4.78 is 9.62. The third-order valence-corrected chi connectivity index (χ3v) is 1.39. The largest absolute Gasteiger partial charge is 0.481 e. The minimum absolute atomic E-state index is 0.192. The standard InChI is InChI=1S/C7H9N3O4/c1-12-4-3-5(13-2)10-6(9-4)7(11)14-8/h3H,8H2,1-2H3. The molecule has 0 atom stereocenters. The fourth-order valence-electron chi connectivity index (χ4n) is 0.757. The van der Waals surface area contributed by atoms with Gasteiger partial charge < -0.3 is 14.3 Å². The lowest BCUT2D eigenvalue weighted by Gasteiger charge is -2.03. The van der Waals surface area contributed by atoms with Crippen molar-refractivity contribution in [1.82, 2.24) is 9.97 Å². The van der Waals surface area contributed by atoms with Crippen molar-refractivity contribution in [2.24, 2.45) is 5.90 Å². The normalized spacial score (nSPS) is 9.36. The molecule has 7 nitrogen and oxygen atoms in total. The number of rotatable bonds is 3. The minimum atomic E-state index is -0.859. The molecular formula is C7H9N3O4. The molecule has 0 spiro atoms. The van der Waals surface area contributed by atoms with E-state index in [9.17, 15) is 4.79 Å². The van der Waals surface area contributed by atoms with E-state index >= 15 is 0 Å². The monoisotopic (exact) mass is 199 g/mol. The molecule has 0 saturated heterocycles. The Balaban J connectivity index is 3.10. The molecule has 76 valence electrons. The fourth-order valence-corrected chi connectivity index (χ4v) is 0.757. The first-order chi connectivity index (χ1) is 6.71. The molecule has 1 aromatic rings. The number of carbonyl (C=O) groups is 1. The number of carbonyl (C=O) groups excluding carboxylic acids is 1. The molecule has 0 bridgehead atoms. The highest BCUT2D eigenvalue weighted by atomic mass is 16.7. The van der Waals surface area contributed by atoms with Crippen molar-refractivity contribution in [2.45, 2.75) is 0 Å². The van der Waals surface area contributed by atoms with Gasteiger partial charge in [0.05, 0.1) is 20.3 Å². The summed E-state index contributed by atoms with van der Waals surface area (Å²) >= 11 is 0. The second kappa shape index (κ2) is 4.38. The molecule has 2 N–H and O–H groups in total. The smallest absolute Gasteiger partial charge is 0.395 e. The summed E-state index contributed by atoms with van der Waals surface area (Å²) in [6.07, 6.45) is 0. The van der Waals surface area contributed by atoms with Crippen molar-refractivity contribution in [3.8, 4) is 11.8 Å². The minimum Gasteiger partial charge on any atom is -0.481 e. The van der Waals surface area contributed by atoms with Crippen molar-refractivity contribution in [3.05, 3.63) is 11.9 Å². The zero-order valence-corrected chi connectivity index (χ0v) is 7.68. The van der Waals surface area contributed by atoms with Gasteiger partial charge in [0.25, 0.3) is 0 Å². The lowest BCUT2D eigenvalue weighted by atomic mass is 10.5. The summed E-state index contributed by atoms with van der Waals surface area (Å²) in [5, 5.41) is 0. The summed E-state index contributed by atoms with van der Waals surface area (Å²) in [6, 6.07) is 1.42. The van der Waals surface area contributed by atoms with E-state index in [1.165, 1.54) is 20.3 Å². The van der Waals surface area contributed by atoms with Crippen LogP contribution in [-0.4, -0.2) is 30.2 Å². The van der Waals surface area contributed by atoms with Gasteiger partial charge >= 0.3 is 5.97 Å². The summed E-state index contributed by atoms with van der Waals surface area (Å²) in [4.78, 5) is 22.3. The van der Waals surface area contributed by atoms with E-state index in [0.717, 1.165) is 0 Å². The van der Waals surface area contributed by atoms with Gasteiger partial charge in [-0.2, -0.15) is 15.9 Å². The Morgan fingerprint density at radius 3 is 2.14 bits per heavy atom. The number of ether oxygens (including phenoxy) is 2. The third-order valence-electron chi connectivity index (χ3n) is 1.39. The highest BCUT2D eigenvalue weighted by Gasteiger charge is 2.13. The number of nitrogens with two attached hydrogens (primary N) is 1. The van der Waals surface area contributed by atoms with Crippen LogP contribution in [0.2, 0.25) is 0 Å². The lowest BCUT2D eigenvalue weighted by Crippen LogP contribution is -2.14. The summed E-state index contributed by atoms with van der Waals surface area (Å²) in [7, 11) is 2.80. The van der Waals surface area contributed by atoms with Gasteiger partial charge in [0.2, 0.25) is 17.6 Å². The highest BCUT2D eigenvalue weighted by molar-refractivity contribution is 5.85. The lowest BCUT2D eigenvalue weighted by molar-refractivity contribution is 0.0486. The molecule has 1 rings (SSSR count). The van der Waals surface area contributed by atoms with Crippen LogP contribution in [-0.2, 0) is 4.84 Å². The molecule has 0 aliphatic carbocycles. The maximum atomic E-state index is 11.0. The maximum absolute atomic E-state index is 11.0. The number of methoxy groups -OCH3 is 2. The summed E-state index contributed by atoms with van der Waals surface area (Å²) in [5.41, 5.74) is 0. The Hall–Kier alpha value is -1.89. The van der Waals surface area contributed by atoms with Crippen molar-refractivity contribution in [1.29, 1.82) is 0 Å². The Labute approximate surface area is 79.8 Å². The molecule has 1 aromatic heterocycles. The van der Waals surface area contributed by atoms with Gasteiger partial charge in [-0.05, 0) is 0 Å². The van der Waals surface area contributed by atoms with Gasteiger partial charge in [-0.15, -0.1) is 0 Å². The molecule has 0 radical (unpaired) electrons.